The van der Waals surface area contributed by atoms with E-state index >= 15 is 0 Å². The van der Waals surface area contributed by atoms with Gasteiger partial charge in [0.1, 0.15) is 11.6 Å². The van der Waals surface area contributed by atoms with E-state index < -0.39 is 0 Å². The molecule has 0 aliphatic carbocycles. The van der Waals surface area contributed by atoms with Crippen LogP contribution in [0.4, 0.5) is 10.1 Å². The Morgan fingerprint density at radius 2 is 2.05 bits per heavy atom. The maximum absolute atomic E-state index is 13.4. The zero-order valence-corrected chi connectivity index (χ0v) is 12.4. The number of benzene rings is 2. The molecule has 2 aromatic rings. The molecular formula is C18H16FNO2. The molecule has 0 spiro atoms. The molecule has 0 radical (unpaired) electrons. The maximum Gasteiger partial charge on any atom is 0.256 e. The third kappa shape index (κ3) is 2.48. The summed E-state index contributed by atoms with van der Waals surface area (Å²) in [4.78, 5) is 12.1. The van der Waals surface area contributed by atoms with Crippen molar-refractivity contribution in [2.24, 2.45) is 0 Å². The Balaban J connectivity index is 2.06. The van der Waals surface area contributed by atoms with Crippen LogP contribution in [-0.2, 0) is 11.2 Å². The fourth-order valence-electron chi connectivity index (χ4n) is 2.63. The second-order valence-electron chi connectivity index (χ2n) is 5.13. The van der Waals surface area contributed by atoms with Crippen molar-refractivity contribution in [1.29, 1.82) is 0 Å². The van der Waals surface area contributed by atoms with Crippen molar-refractivity contribution in [3.05, 3.63) is 58.9 Å². The van der Waals surface area contributed by atoms with Crippen LogP contribution in [0.15, 0.2) is 36.4 Å². The minimum absolute atomic E-state index is 0.213. The van der Waals surface area contributed by atoms with Gasteiger partial charge in [-0.1, -0.05) is 13.0 Å². The first-order chi connectivity index (χ1) is 10.6. The highest BCUT2D eigenvalue weighted by atomic mass is 19.1. The predicted molar refractivity (Wildman–Crippen MR) is 85.3 cm³/mol. The van der Waals surface area contributed by atoms with E-state index in [1.165, 1.54) is 12.1 Å². The van der Waals surface area contributed by atoms with Gasteiger partial charge in [0, 0.05) is 16.8 Å². The molecule has 1 heterocycles. The number of fused-ring (bicyclic) bond motifs is 1. The van der Waals surface area contributed by atoms with Gasteiger partial charge in [-0.25, -0.2) is 4.39 Å². The van der Waals surface area contributed by atoms with E-state index in [1.807, 2.05) is 25.1 Å². The molecule has 112 valence electrons. The van der Waals surface area contributed by atoms with E-state index in [9.17, 15) is 9.18 Å². The van der Waals surface area contributed by atoms with E-state index in [0.29, 0.717) is 16.8 Å². The number of amides is 1. The van der Waals surface area contributed by atoms with Crippen molar-refractivity contribution < 1.29 is 13.9 Å². The first kappa shape index (κ1) is 14.3. The van der Waals surface area contributed by atoms with Gasteiger partial charge in [-0.2, -0.15) is 0 Å². The number of ether oxygens (including phenoxy) is 1. The summed E-state index contributed by atoms with van der Waals surface area (Å²) in [5.74, 6) is 0.256. The Kier molecular flexibility index (Phi) is 3.67. The lowest BCUT2D eigenvalue weighted by molar-refractivity contribution is -0.110. The van der Waals surface area contributed by atoms with Gasteiger partial charge in [0.2, 0.25) is 0 Å². The van der Waals surface area contributed by atoms with Gasteiger partial charge < -0.3 is 10.1 Å². The predicted octanol–water partition coefficient (Wildman–Crippen LogP) is 3.89. The molecule has 0 bridgehead atoms. The second kappa shape index (κ2) is 5.64. The van der Waals surface area contributed by atoms with Crippen molar-refractivity contribution in [2.75, 3.05) is 12.4 Å². The fourth-order valence-corrected chi connectivity index (χ4v) is 2.63. The number of hydrogen-bond acceptors (Lipinski definition) is 2. The topological polar surface area (TPSA) is 38.3 Å². The fraction of sp³-hybridized carbons (Fsp3) is 0.167. The standard InChI is InChI=1S/C18H16FNO2/c1-3-12-8-11(4-7-17(12)22-2)9-15-14-10-13(19)5-6-16(14)20-18(15)21/h4-10H,3H2,1-2H3,(H,20,21)/b15-9+. The van der Waals surface area contributed by atoms with E-state index in [1.54, 1.807) is 19.3 Å². The van der Waals surface area contributed by atoms with E-state index in [-0.39, 0.29) is 11.7 Å². The van der Waals surface area contributed by atoms with E-state index in [0.717, 1.165) is 23.3 Å². The number of anilines is 1. The molecule has 0 atom stereocenters. The molecule has 1 N–H and O–H groups in total. The quantitative estimate of drug-likeness (QED) is 0.873. The lowest BCUT2D eigenvalue weighted by Gasteiger charge is -2.07. The zero-order valence-electron chi connectivity index (χ0n) is 12.4. The molecule has 4 heteroatoms. The summed E-state index contributed by atoms with van der Waals surface area (Å²) in [5, 5.41) is 2.75. The first-order valence-corrected chi connectivity index (χ1v) is 7.12. The van der Waals surface area contributed by atoms with Crippen LogP contribution in [0.2, 0.25) is 0 Å². The Hall–Kier alpha value is -2.62. The summed E-state index contributed by atoms with van der Waals surface area (Å²) in [5.41, 5.74) is 3.66. The van der Waals surface area contributed by atoms with Gasteiger partial charge in [0.15, 0.2) is 0 Å². The zero-order chi connectivity index (χ0) is 15.7. The number of hydrogen-bond donors (Lipinski definition) is 1. The van der Waals surface area contributed by atoms with Crippen LogP contribution < -0.4 is 10.1 Å². The largest absolute Gasteiger partial charge is 0.496 e. The Labute approximate surface area is 128 Å². The van der Waals surface area contributed by atoms with Crippen LogP contribution in [0.1, 0.15) is 23.6 Å². The summed E-state index contributed by atoms with van der Waals surface area (Å²) in [6.07, 6.45) is 2.61. The summed E-state index contributed by atoms with van der Waals surface area (Å²) in [6.45, 7) is 2.04. The average molecular weight is 297 g/mol. The number of nitrogens with one attached hydrogen (secondary N) is 1. The van der Waals surface area contributed by atoms with Crippen molar-refractivity contribution in [3.8, 4) is 5.75 Å². The molecule has 0 saturated carbocycles. The van der Waals surface area contributed by atoms with Gasteiger partial charge in [0.25, 0.3) is 5.91 Å². The lowest BCUT2D eigenvalue weighted by atomic mass is 10.0. The molecule has 3 nitrogen and oxygen atoms in total. The Morgan fingerprint density at radius 3 is 2.77 bits per heavy atom. The van der Waals surface area contributed by atoms with E-state index in [2.05, 4.69) is 5.32 Å². The molecule has 0 unspecified atom stereocenters. The third-order valence-corrected chi connectivity index (χ3v) is 3.76. The Morgan fingerprint density at radius 1 is 1.23 bits per heavy atom. The number of aryl methyl sites for hydroxylation is 1. The molecule has 1 aliphatic heterocycles. The number of rotatable bonds is 3. The molecule has 2 aromatic carbocycles. The van der Waals surface area contributed by atoms with Crippen LogP contribution in [0.25, 0.3) is 11.6 Å². The van der Waals surface area contributed by atoms with Gasteiger partial charge in [-0.05, 0) is 54.0 Å². The highest BCUT2D eigenvalue weighted by molar-refractivity contribution is 6.34. The number of carbonyl (C=O) groups excluding carboxylic acids is 1. The van der Waals surface area contributed by atoms with Crippen molar-refractivity contribution in [2.45, 2.75) is 13.3 Å². The maximum atomic E-state index is 13.4. The molecule has 0 saturated heterocycles. The minimum Gasteiger partial charge on any atom is -0.496 e. The summed E-state index contributed by atoms with van der Waals surface area (Å²) >= 11 is 0. The van der Waals surface area contributed by atoms with Crippen LogP contribution in [0.5, 0.6) is 5.75 Å². The SMILES string of the molecule is CCc1cc(/C=C2/C(=O)Nc3ccc(F)cc32)ccc1OC. The molecule has 1 amide bonds. The molecule has 0 fully saturated rings. The van der Waals surface area contributed by atoms with Gasteiger partial charge >= 0.3 is 0 Å². The highest BCUT2D eigenvalue weighted by Gasteiger charge is 2.24. The molecule has 0 aromatic heterocycles. The smallest absolute Gasteiger partial charge is 0.256 e. The van der Waals surface area contributed by atoms with Crippen LogP contribution in [0, 0.1) is 5.82 Å². The van der Waals surface area contributed by atoms with E-state index in [4.69, 9.17) is 4.74 Å². The molecule has 3 rings (SSSR count). The number of carbonyl (C=O) groups is 1. The van der Waals surface area contributed by atoms with Crippen LogP contribution in [-0.4, -0.2) is 13.0 Å². The van der Waals surface area contributed by atoms with Gasteiger partial charge in [-0.3, -0.25) is 4.79 Å². The minimum atomic E-state index is -0.356. The number of methoxy groups -OCH3 is 1. The highest BCUT2D eigenvalue weighted by Crippen LogP contribution is 2.34. The van der Waals surface area contributed by atoms with Crippen LogP contribution in [0.3, 0.4) is 0 Å². The lowest BCUT2D eigenvalue weighted by Crippen LogP contribution is -2.03. The normalized spacial score (nSPS) is 14.9. The number of halogens is 1. The summed E-state index contributed by atoms with van der Waals surface area (Å²) in [6, 6.07) is 10.0. The molecule has 22 heavy (non-hydrogen) atoms. The summed E-state index contributed by atoms with van der Waals surface area (Å²) in [7, 11) is 1.63. The van der Waals surface area contributed by atoms with Crippen molar-refractivity contribution >= 4 is 23.2 Å². The monoisotopic (exact) mass is 297 g/mol. The van der Waals surface area contributed by atoms with Gasteiger partial charge in [0.05, 0.1) is 7.11 Å². The first-order valence-electron chi connectivity index (χ1n) is 7.12. The molecular weight excluding hydrogens is 281 g/mol. The van der Waals surface area contributed by atoms with Gasteiger partial charge in [-0.15, -0.1) is 0 Å². The summed E-state index contributed by atoms with van der Waals surface area (Å²) < 4.78 is 18.7. The third-order valence-electron chi connectivity index (χ3n) is 3.76. The van der Waals surface area contributed by atoms with Crippen LogP contribution >= 0.6 is 0 Å². The van der Waals surface area contributed by atoms with Crippen molar-refractivity contribution in [1.82, 2.24) is 0 Å². The Bertz CT molecular complexity index is 781. The van der Waals surface area contributed by atoms with Crippen molar-refractivity contribution in [3.63, 3.8) is 0 Å². The second-order valence-corrected chi connectivity index (χ2v) is 5.13. The average Bonchev–Trinajstić information content (AvgIpc) is 2.83. The molecule has 1 aliphatic rings.